The monoisotopic (exact) mass is 476 g/mol. The minimum Gasteiger partial charge on any atom is -0.491 e. The average molecular weight is 477 g/mol. The number of hydrogen-bond acceptors (Lipinski definition) is 2. The van der Waals surface area contributed by atoms with Crippen LogP contribution in [-0.4, -0.2) is 19.3 Å². The molecule has 3 fully saturated rings. The van der Waals surface area contributed by atoms with E-state index in [9.17, 15) is 8.78 Å². The Labute approximate surface area is 206 Å². The predicted molar refractivity (Wildman–Crippen MR) is 134 cm³/mol. The van der Waals surface area contributed by atoms with Crippen LogP contribution in [0.1, 0.15) is 115 Å². The van der Waals surface area contributed by atoms with Gasteiger partial charge in [-0.05, 0) is 112 Å². The Bertz CT molecular complexity index is 742. The zero-order chi connectivity index (χ0) is 23.9. The minimum absolute atomic E-state index is 0.0283. The molecule has 0 aromatic heterocycles. The Balaban J connectivity index is 1.17. The number of ether oxygens (including phenoxy) is 2. The lowest BCUT2D eigenvalue weighted by Gasteiger charge is -2.38. The molecule has 0 bridgehead atoms. The van der Waals surface area contributed by atoms with E-state index in [4.69, 9.17) is 9.47 Å². The van der Waals surface area contributed by atoms with Gasteiger partial charge >= 0.3 is 0 Å². The molecule has 0 aliphatic heterocycles. The third kappa shape index (κ3) is 6.53. The summed E-state index contributed by atoms with van der Waals surface area (Å²) in [4.78, 5) is 0. The van der Waals surface area contributed by atoms with Gasteiger partial charge in [0.25, 0.3) is 0 Å². The molecular weight excluding hydrogens is 430 g/mol. The molecule has 0 saturated heterocycles. The van der Waals surface area contributed by atoms with E-state index in [1.54, 1.807) is 19.1 Å². The highest BCUT2D eigenvalue weighted by Gasteiger charge is 2.33. The van der Waals surface area contributed by atoms with Gasteiger partial charge in [-0.15, -0.1) is 0 Å². The van der Waals surface area contributed by atoms with Gasteiger partial charge in [-0.25, -0.2) is 4.39 Å². The summed E-state index contributed by atoms with van der Waals surface area (Å²) in [6.45, 7) is 5.41. The topological polar surface area (TPSA) is 18.5 Å². The molecule has 192 valence electrons. The molecule has 0 atom stereocenters. The van der Waals surface area contributed by atoms with Gasteiger partial charge in [0.1, 0.15) is 0 Å². The van der Waals surface area contributed by atoms with E-state index in [1.165, 1.54) is 64.2 Å². The molecule has 2 nitrogen and oxygen atoms in total. The summed E-state index contributed by atoms with van der Waals surface area (Å²) in [5.74, 6) is 1.91. The average Bonchev–Trinajstić information content (AvgIpc) is 2.87. The molecule has 0 amide bonds. The minimum atomic E-state index is -0.825. The highest BCUT2D eigenvalue weighted by molar-refractivity contribution is 5.33. The van der Waals surface area contributed by atoms with Crippen molar-refractivity contribution in [3.63, 3.8) is 0 Å². The van der Waals surface area contributed by atoms with Crippen molar-refractivity contribution in [2.75, 3.05) is 13.2 Å². The first kappa shape index (κ1) is 25.9. The van der Waals surface area contributed by atoms with E-state index in [0.717, 1.165) is 56.0 Å². The van der Waals surface area contributed by atoms with Crippen LogP contribution in [-0.2, 0) is 4.74 Å². The van der Waals surface area contributed by atoms with Crippen LogP contribution in [0.25, 0.3) is 0 Å². The third-order valence-electron chi connectivity index (χ3n) is 9.20. The van der Waals surface area contributed by atoms with Crippen molar-refractivity contribution in [1.29, 1.82) is 0 Å². The molecule has 1 aromatic rings. The zero-order valence-corrected chi connectivity index (χ0v) is 21.5. The van der Waals surface area contributed by atoms with Crippen molar-refractivity contribution in [2.24, 2.45) is 23.7 Å². The second kappa shape index (κ2) is 12.7. The lowest BCUT2D eigenvalue weighted by atomic mass is 9.69. The van der Waals surface area contributed by atoms with Crippen LogP contribution in [0.4, 0.5) is 8.78 Å². The molecule has 4 rings (SSSR count). The van der Waals surface area contributed by atoms with Gasteiger partial charge in [0.2, 0.25) is 5.82 Å². The first-order valence-corrected chi connectivity index (χ1v) is 14.3. The first-order chi connectivity index (χ1) is 16.6. The van der Waals surface area contributed by atoms with Crippen LogP contribution in [0.3, 0.4) is 0 Å². The fraction of sp³-hybridized carbons (Fsp3) is 0.800. The van der Waals surface area contributed by atoms with Gasteiger partial charge in [-0.1, -0.05) is 38.7 Å². The summed E-state index contributed by atoms with van der Waals surface area (Å²) in [6.07, 6.45) is 17.9. The van der Waals surface area contributed by atoms with E-state index >= 15 is 0 Å². The van der Waals surface area contributed by atoms with Gasteiger partial charge in [0.05, 0.1) is 12.7 Å². The van der Waals surface area contributed by atoms with E-state index in [0.29, 0.717) is 18.3 Å². The Morgan fingerprint density at radius 2 is 1.35 bits per heavy atom. The van der Waals surface area contributed by atoms with Gasteiger partial charge in [-0.2, -0.15) is 4.39 Å². The second-order valence-corrected chi connectivity index (χ2v) is 11.4. The fourth-order valence-corrected chi connectivity index (χ4v) is 7.12. The second-order valence-electron chi connectivity index (χ2n) is 11.4. The molecule has 0 unspecified atom stereocenters. The summed E-state index contributed by atoms with van der Waals surface area (Å²) in [7, 11) is 0. The maximum atomic E-state index is 14.7. The van der Waals surface area contributed by atoms with Crippen molar-refractivity contribution in [2.45, 2.75) is 116 Å². The van der Waals surface area contributed by atoms with E-state index < -0.39 is 11.6 Å². The molecular formula is C30H46F2O2. The number of hydrogen-bond donors (Lipinski definition) is 0. The van der Waals surface area contributed by atoms with Crippen LogP contribution in [0.5, 0.6) is 5.75 Å². The van der Waals surface area contributed by atoms with Crippen LogP contribution in [0.15, 0.2) is 12.1 Å². The Morgan fingerprint density at radius 1 is 0.735 bits per heavy atom. The van der Waals surface area contributed by atoms with Crippen molar-refractivity contribution in [3.05, 3.63) is 29.3 Å². The molecule has 3 aliphatic carbocycles. The Kier molecular flexibility index (Phi) is 9.68. The van der Waals surface area contributed by atoms with Crippen LogP contribution >= 0.6 is 0 Å². The largest absolute Gasteiger partial charge is 0.491 e. The smallest absolute Gasteiger partial charge is 0.200 e. The molecule has 4 heteroatoms. The Hall–Kier alpha value is -1.16. The van der Waals surface area contributed by atoms with E-state index in [2.05, 4.69) is 6.92 Å². The standard InChI is InChI=1S/C30H46F2O2/c1-3-5-21-6-8-22(9-7-21)20-34-26-16-14-24(15-17-26)23-10-12-25(13-11-23)27-18-19-28(33-4-2)30(32)29(27)31/h18-19,21-26H,3-17,20H2,1-2H3. The summed E-state index contributed by atoms with van der Waals surface area (Å²) in [5, 5.41) is 0. The maximum absolute atomic E-state index is 14.7. The Morgan fingerprint density at radius 3 is 1.97 bits per heavy atom. The molecule has 1 aromatic carbocycles. The lowest BCUT2D eigenvalue weighted by Crippen LogP contribution is -2.30. The fourth-order valence-electron chi connectivity index (χ4n) is 7.12. The van der Waals surface area contributed by atoms with E-state index in [-0.39, 0.29) is 11.7 Å². The molecule has 3 saturated carbocycles. The summed E-state index contributed by atoms with van der Waals surface area (Å²) >= 11 is 0. The van der Waals surface area contributed by atoms with Crippen molar-refractivity contribution in [1.82, 2.24) is 0 Å². The molecule has 0 N–H and O–H groups in total. The van der Waals surface area contributed by atoms with Gasteiger partial charge in [0.15, 0.2) is 11.6 Å². The summed E-state index contributed by atoms with van der Waals surface area (Å²) < 4.78 is 40.6. The number of rotatable bonds is 9. The maximum Gasteiger partial charge on any atom is 0.200 e. The van der Waals surface area contributed by atoms with Crippen molar-refractivity contribution in [3.8, 4) is 5.75 Å². The summed E-state index contributed by atoms with van der Waals surface area (Å²) in [5.41, 5.74) is 0.542. The van der Waals surface area contributed by atoms with Gasteiger partial charge in [-0.3, -0.25) is 0 Å². The molecule has 0 radical (unpaired) electrons. The van der Waals surface area contributed by atoms with Crippen LogP contribution in [0.2, 0.25) is 0 Å². The number of benzene rings is 1. The SMILES string of the molecule is CCCC1CCC(COC2CCC(C3CCC(c4ccc(OCC)c(F)c4F)CC3)CC2)CC1. The highest BCUT2D eigenvalue weighted by Crippen LogP contribution is 2.44. The molecule has 0 spiro atoms. The van der Waals surface area contributed by atoms with Crippen LogP contribution in [0, 0.1) is 35.3 Å². The third-order valence-corrected chi connectivity index (χ3v) is 9.20. The predicted octanol–water partition coefficient (Wildman–Crippen LogP) is 8.82. The van der Waals surface area contributed by atoms with Crippen molar-refractivity contribution < 1.29 is 18.3 Å². The molecule has 3 aliphatic rings. The van der Waals surface area contributed by atoms with Crippen LogP contribution < -0.4 is 4.74 Å². The highest BCUT2D eigenvalue weighted by atomic mass is 19.2. The quantitative estimate of drug-likeness (QED) is 0.354. The number of halogens is 2. The summed E-state index contributed by atoms with van der Waals surface area (Å²) in [6, 6.07) is 3.34. The van der Waals surface area contributed by atoms with E-state index in [1.807, 2.05) is 0 Å². The van der Waals surface area contributed by atoms with Gasteiger partial charge < -0.3 is 9.47 Å². The lowest BCUT2D eigenvalue weighted by molar-refractivity contribution is -0.0165. The molecule has 0 heterocycles. The zero-order valence-electron chi connectivity index (χ0n) is 21.5. The normalized spacial score (nSPS) is 32.5. The molecule has 34 heavy (non-hydrogen) atoms. The first-order valence-electron chi connectivity index (χ1n) is 14.3. The van der Waals surface area contributed by atoms with Gasteiger partial charge in [0, 0.05) is 6.61 Å². The van der Waals surface area contributed by atoms with Crippen molar-refractivity contribution >= 4 is 0 Å².